The Kier molecular flexibility index (Phi) is 1.76. The number of pyridine rings is 1. The van der Waals surface area contributed by atoms with Crippen LogP contribution in [0.5, 0.6) is 0 Å². The summed E-state index contributed by atoms with van der Waals surface area (Å²) in [7, 11) is 0. The van der Waals surface area contributed by atoms with Crippen molar-refractivity contribution in [1.82, 2.24) is 9.97 Å². The van der Waals surface area contributed by atoms with Crippen molar-refractivity contribution in [3.8, 4) is 0 Å². The fraction of sp³-hybridized carbons (Fsp3) is 0.182. The van der Waals surface area contributed by atoms with E-state index in [1.165, 1.54) is 0 Å². The molecule has 0 saturated carbocycles. The molecule has 0 aliphatic carbocycles. The van der Waals surface area contributed by atoms with Gasteiger partial charge in [-0.2, -0.15) is 0 Å². The predicted octanol–water partition coefficient (Wildman–Crippen LogP) is 1.81. The van der Waals surface area contributed by atoms with Crippen molar-refractivity contribution in [2.75, 3.05) is 6.54 Å². The van der Waals surface area contributed by atoms with Crippen LogP contribution in [0.3, 0.4) is 0 Å². The number of nitrogens with two attached hydrogens (primary N) is 1. The maximum absolute atomic E-state index is 5.64. The number of nitrogens with zero attached hydrogens (tertiary/aromatic N) is 1. The average Bonchev–Trinajstić information content (AvgIpc) is 2.77. The van der Waals surface area contributed by atoms with Gasteiger partial charge in [-0.3, -0.25) is 4.98 Å². The molecule has 76 valence electrons. The lowest BCUT2D eigenvalue weighted by molar-refractivity contribution is 0.655. The number of fused-ring (bicyclic) bond motifs is 3. The van der Waals surface area contributed by atoms with E-state index in [0.29, 0.717) is 6.54 Å². The Morgan fingerprint density at radius 3 is 3.20 bits per heavy atom. The minimum atomic E-state index is 0.600. The van der Waals surface area contributed by atoms with Crippen LogP contribution in [0.2, 0.25) is 0 Å². The average molecular weight is 201 g/mol. The third kappa shape index (κ3) is 1.15. The Labute approximate surface area is 86.1 Å². The summed E-state index contributed by atoms with van der Waals surface area (Å²) < 4.78 is 5.64. The number of hydrogen-bond donors (Lipinski definition) is 2. The zero-order chi connectivity index (χ0) is 10.3. The van der Waals surface area contributed by atoms with E-state index in [4.69, 9.17) is 10.2 Å². The monoisotopic (exact) mass is 201 g/mol. The zero-order valence-corrected chi connectivity index (χ0v) is 8.16. The highest BCUT2D eigenvalue weighted by atomic mass is 16.3. The van der Waals surface area contributed by atoms with E-state index < -0.39 is 0 Å². The van der Waals surface area contributed by atoms with Gasteiger partial charge >= 0.3 is 0 Å². The molecule has 0 aromatic carbocycles. The molecule has 0 spiro atoms. The molecule has 3 aromatic rings. The molecule has 3 N–H and O–H groups in total. The lowest BCUT2D eigenvalue weighted by atomic mass is 10.1. The Hall–Kier alpha value is -1.81. The number of aromatic nitrogens is 2. The largest absolute Gasteiger partial charge is 0.440 e. The molecular formula is C11H11N3O. The van der Waals surface area contributed by atoms with Crippen molar-refractivity contribution < 1.29 is 4.42 Å². The molecule has 0 fully saturated rings. The van der Waals surface area contributed by atoms with E-state index >= 15 is 0 Å². The van der Waals surface area contributed by atoms with Crippen molar-refractivity contribution in [3.63, 3.8) is 0 Å². The quantitative estimate of drug-likeness (QED) is 0.664. The molecule has 3 heterocycles. The van der Waals surface area contributed by atoms with Crippen LogP contribution in [0.1, 0.15) is 5.69 Å². The first-order valence-electron chi connectivity index (χ1n) is 4.93. The number of H-pyrrole nitrogens is 1. The van der Waals surface area contributed by atoms with Crippen molar-refractivity contribution >= 4 is 22.1 Å². The highest BCUT2D eigenvalue weighted by Gasteiger charge is 2.11. The van der Waals surface area contributed by atoms with Crippen molar-refractivity contribution in [2.24, 2.45) is 5.73 Å². The van der Waals surface area contributed by atoms with Crippen molar-refractivity contribution in [3.05, 3.63) is 30.2 Å². The standard InChI is InChI=1S/C11H11N3O/c12-4-1-8-10-7-2-5-14-11(7)15-9(10)3-6-13-8/h2-3,5-6,14H,1,4,12H2. The first-order chi connectivity index (χ1) is 7.40. The summed E-state index contributed by atoms with van der Waals surface area (Å²) in [6.07, 6.45) is 4.40. The maximum Gasteiger partial charge on any atom is 0.205 e. The highest BCUT2D eigenvalue weighted by Crippen LogP contribution is 2.29. The Balaban J connectivity index is 2.41. The Morgan fingerprint density at radius 2 is 2.33 bits per heavy atom. The van der Waals surface area contributed by atoms with Crippen LogP contribution in [0.25, 0.3) is 22.1 Å². The molecule has 0 amide bonds. The van der Waals surface area contributed by atoms with Gasteiger partial charge in [0.1, 0.15) is 5.58 Å². The van der Waals surface area contributed by atoms with E-state index in [1.54, 1.807) is 6.20 Å². The van der Waals surface area contributed by atoms with Gasteiger partial charge in [0.25, 0.3) is 0 Å². The number of hydrogen-bond acceptors (Lipinski definition) is 3. The second-order valence-electron chi connectivity index (χ2n) is 3.49. The molecule has 0 aliphatic heterocycles. The fourth-order valence-corrected chi connectivity index (χ4v) is 1.93. The van der Waals surface area contributed by atoms with Gasteiger partial charge in [0.05, 0.1) is 11.1 Å². The van der Waals surface area contributed by atoms with Gasteiger partial charge in [-0.1, -0.05) is 0 Å². The third-order valence-electron chi connectivity index (χ3n) is 2.56. The zero-order valence-electron chi connectivity index (χ0n) is 8.16. The molecule has 0 unspecified atom stereocenters. The van der Waals surface area contributed by atoms with Gasteiger partial charge in [0.2, 0.25) is 5.71 Å². The SMILES string of the molecule is NCCc1nccc2oc3[nH]ccc3c12. The summed E-state index contributed by atoms with van der Waals surface area (Å²) in [6.45, 7) is 0.600. The molecule has 0 atom stereocenters. The lowest BCUT2D eigenvalue weighted by Gasteiger charge is -1.98. The first-order valence-corrected chi connectivity index (χ1v) is 4.93. The molecule has 3 rings (SSSR count). The summed E-state index contributed by atoms with van der Waals surface area (Å²) in [5.74, 6) is 0. The third-order valence-corrected chi connectivity index (χ3v) is 2.56. The van der Waals surface area contributed by atoms with Gasteiger partial charge in [-0.05, 0) is 18.7 Å². The summed E-state index contributed by atoms with van der Waals surface area (Å²) in [4.78, 5) is 7.40. The van der Waals surface area contributed by atoms with Crippen LogP contribution >= 0.6 is 0 Å². The number of aromatic amines is 1. The smallest absolute Gasteiger partial charge is 0.205 e. The Morgan fingerprint density at radius 1 is 1.40 bits per heavy atom. The molecule has 4 nitrogen and oxygen atoms in total. The normalized spacial score (nSPS) is 11.5. The molecule has 4 heteroatoms. The van der Waals surface area contributed by atoms with Gasteiger partial charge in [0.15, 0.2) is 0 Å². The minimum Gasteiger partial charge on any atom is -0.440 e. The molecular weight excluding hydrogens is 190 g/mol. The van der Waals surface area contributed by atoms with Crippen LogP contribution in [-0.2, 0) is 6.42 Å². The highest BCUT2D eigenvalue weighted by molar-refractivity contribution is 6.05. The van der Waals surface area contributed by atoms with Crippen LogP contribution < -0.4 is 5.73 Å². The van der Waals surface area contributed by atoms with Crippen LogP contribution in [-0.4, -0.2) is 16.5 Å². The van der Waals surface area contributed by atoms with Crippen molar-refractivity contribution in [2.45, 2.75) is 6.42 Å². The van der Waals surface area contributed by atoms with E-state index in [-0.39, 0.29) is 0 Å². The van der Waals surface area contributed by atoms with Crippen LogP contribution in [0.4, 0.5) is 0 Å². The van der Waals surface area contributed by atoms with E-state index in [2.05, 4.69) is 9.97 Å². The predicted molar refractivity (Wildman–Crippen MR) is 58.6 cm³/mol. The number of nitrogens with one attached hydrogen (secondary N) is 1. The van der Waals surface area contributed by atoms with E-state index in [0.717, 1.165) is 34.2 Å². The lowest BCUT2D eigenvalue weighted by Crippen LogP contribution is -2.04. The van der Waals surface area contributed by atoms with Gasteiger partial charge in [0, 0.05) is 24.2 Å². The summed E-state index contributed by atoms with van der Waals surface area (Å²) >= 11 is 0. The molecule has 0 radical (unpaired) electrons. The Bertz CT molecular complexity index is 608. The van der Waals surface area contributed by atoms with Gasteiger partial charge in [-0.15, -0.1) is 0 Å². The van der Waals surface area contributed by atoms with Crippen molar-refractivity contribution in [1.29, 1.82) is 0 Å². The topological polar surface area (TPSA) is 67.8 Å². The molecule has 0 bridgehead atoms. The summed E-state index contributed by atoms with van der Waals surface area (Å²) in [5, 5.41) is 2.17. The summed E-state index contributed by atoms with van der Waals surface area (Å²) in [6, 6.07) is 3.88. The molecule has 0 saturated heterocycles. The summed E-state index contributed by atoms with van der Waals surface area (Å²) in [5.41, 5.74) is 8.24. The maximum atomic E-state index is 5.64. The van der Waals surface area contributed by atoms with Gasteiger partial charge < -0.3 is 15.1 Å². The molecule has 0 aliphatic rings. The molecule has 3 aromatic heterocycles. The van der Waals surface area contributed by atoms with E-state index in [1.807, 2.05) is 18.3 Å². The second-order valence-corrected chi connectivity index (χ2v) is 3.49. The molecule has 15 heavy (non-hydrogen) atoms. The number of furan rings is 1. The fourth-order valence-electron chi connectivity index (χ4n) is 1.93. The number of rotatable bonds is 2. The van der Waals surface area contributed by atoms with Crippen LogP contribution in [0, 0.1) is 0 Å². The minimum absolute atomic E-state index is 0.600. The first kappa shape index (κ1) is 8.49. The van der Waals surface area contributed by atoms with Gasteiger partial charge in [-0.25, -0.2) is 0 Å². The van der Waals surface area contributed by atoms with Crippen LogP contribution in [0.15, 0.2) is 28.9 Å². The van der Waals surface area contributed by atoms with E-state index in [9.17, 15) is 0 Å². The second kappa shape index (κ2) is 3.10.